The van der Waals surface area contributed by atoms with Gasteiger partial charge < -0.3 is 4.57 Å². The van der Waals surface area contributed by atoms with Crippen molar-refractivity contribution in [3.05, 3.63) is 76.4 Å². The molecule has 5 nitrogen and oxygen atoms in total. The monoisotopic (exact) mass is 344 g/mol. The van der Waals surface area contributed by atoms with Gasteiger partial charge in [-0.3, -0.25) is 4.79 Å². The lowest BCUT2D eigenvalue weighted by atomic mass is 10.1. The van der Waals surface area contributed by atoms with Crippen molar-refractivity contribution >= 4 is 11.9 Å². The fraction of sp³-hybridized carbons (Fsp3) is 0.190. The van der Waals surface area contributed by atoms with Gasteiger partial charge in [0.1, 0.15) is 11.8 Å². The fourth-order valence-electron chi connectivity index (χ4n) is 3.07. The van der Waals surface area contributed by atoms with E-state index in [-0.39, 0.29) is 5.78 Å². The molecule has 130 valence electrons. The van der Waals surface area contributed by atoms with Crippen LogP contribution < -0.4 is 0 Å². The predicted molar refractivity (Wildman–Crippen MR) is 101 cm³/mol. The molecular formula is C21H20N4O. The number of nitriles is 1. The second kappa shape index (κ2) is 6.85. The zero-order chi connectivity index (χ0) is 18.8. The first-order valence-corrected chi connectivity index (χ1v) is 8.34. The maximum absolute atomic E-state index is 12.8. The van der Waals surface area contributed by atoms with Crippen LogP contribution in [-0.4, -0.2) is 20.1 Å². The standard InChI is InChI=1S/C21H20N4O/c1-14-21(16(3)25(23-14)18-8-6-5-7-9-18)20(26)11-10-17-12-19(13-22)24(4)15(17)2/h5-12H,1-4H3/b11-10+. The fourth-order valence-corrected chi connectivity index (χ4v) is 3.07. The van der Waals surface area contributed by atoms with E-state index in [0.29, 0.717) is 17.0 Å². The highest BCUT2D eigenvalue weighted by Crippen LogP contribution is 2.20. The van der Waals surface area contributed by atoms with Gasteiger partial charge in [0, 0.05) is 12.7 Å². The van der Waals surface area contributed by atoms with E-state index in [9.17, 15) is 4.79 Å². The summed E-state index contributed by atoms with van der Waals surface area (Å²) in [6.07, 6.45) is 3.31. The van der Waals surface area contributed by atoms with E-state index in [4.69, 9.17) is 5.26 Å². The minimum absolute atomic E-state index is 0.0936. The van der Waals surface area contributed by atoms with Crippen LogP contribution in [0.4, 0.5) is 0 Å². The van der Waals surface area contributed by atoms with Crippen LogP contribution in [0.5, 0.6) is 0 Å². The third kappa shape index (κ3) is 2.98. The zero-order valence-corrected chi connectivity index (χ0v) is 15.3. The first-order valence-electron chi connectivity index (χ1n) is 8.34. The number of para-hydroxylation sites is 1. The molecule has 0 aliphatic heterocycles. The van der Waals surface area contributed by atoms with Crippen LogP contribution in [0.2, 0.25) is 0 Å². The van der Waals surface area contributed by atoms with Crippen LogP contribution in [0.1, 0.15) is 38.7 Å². The number of hydrogen-bond acceptors (Lipinski definition) is 3. The van der Waals surface area contributed by atoms with Gasteiger partial charge in [0.05, 0.1) is 22.6 Å². The number of benzene rings is 1. The number of allylic oxidation sites excluding steroid dienone is 1. The molecule has 5 heteroatoms. The van der Waals surface area contributed by atoms with E-state index < -0.39 is 0 Å². The summed E-state index contributed by atoms with van der Waals surface area (Å²) in [6, 6.07) is 13.7. The summed E-state index contributed by atoms with van der Waals surface area (Å²) < 4.78 is 3.60. The molecule has 0 N–H and O–H groups in total. The quantitative estimate of drug-likeness (QED) is 0.532. The van der Waals surface area contributed by atoms with Crippen molar-refractivity contribution in [2.75, 3.05) is 0 Å². The van der Waals surface area contributed by atoms with Gasteiger partial charge in [-0.1, -0.05) is 18.2 Å². The number of nitrogens with zero attached hydrogens (tertiary/aromatic N) is 4. The maximum Gasteiger partial charge on any atom is 0.189 e. The Morgan fingerprint density at radius 2 is 1.85 bits per heavy atom. The molecule has 0 radical (unpaired) electrons. The SMILES string of the molecule is Cc1nn(-c2ccccc2)c(C)c1C(=O)/C=C/c1cc(C#N)n(C)c1C. The molecule has 0 bridgehead atoms. The Bertz CT molecular complexity index is 1050. The normalized spacial score (nSPS) is 11.0. The lowest BCUT2D eigenvalue weighted by Crippen LogP contribution is -2.01. The number of carbonyl (C=O) groups is 1. The lowest BCUT2D eigenvalue weighted by Gasteiger charge is -2.04. The van der Waals surface area contributed by atoms with E-state index in [1.54, 1.807) is 22.9 Å². The smallest absolute Gasteiger partial charge is 0.189 e. The molecule has 2 heterocycles. The van der Waals surface area contributed by atoms with Gasteiger partial charge in [-0.25, -0.2) is 4.68 Å². The van der Waals surface area contributed by atoms with Crippen molar-refractivity contribution in [3.63, 3.8) is 0 Å². The third-order valence-electron chi connectivity index (χ3n) is 4.64. The minimum atomic E-state index is -0.0936. The predicted octanol–water partition coefficient (Wildman–Crippen LogP) is 3.90. The van der Waals surface area contributed by atoms with Crippen LogP contribution in [0.25, 0.3) is 11.8 Å². The van der Waals surface area contributed by atoms with Crippen molar-refractivity contribution in [2.24, 2.45) is 7.05 Å². The summed E-state index contributed by atoms with van der Waals surface area (Å²) in [6.45, 7) is 5.67. The Balaban J connectivity index is 1.94. The topological polar surface area (TPSA) is 63.6 Å². The van der Waals surface area contributed by atoms with Crippen LogP contribution in [0, 0.1) is 32.1 Å². The molecule has 26 heavy (non-hydrogen) atoms. The number of carbonyl (C=O) groups excluding carboxylic acids is 1. The summed E-state index contributed by atoms with van der Waals surface area (Å²) in [5.41, 5.74) is 5.42. The molecule has 0 amide bonds. The van der Waals surface area contributed by atoms with Gasteiger partial charge in [0.25, 0.3) is 0 Å². The highest BCUT2D eigenvalue weighted by atomic mass is 16.1. The molecule has 0 spiro atoms. The van der Waals surface area contributed by atoms with Crippen molar-refractivity contribution in [1.82, 2.24) is 14.3 Å². The van der Waals surface area contributed by atoms with Gasteiger partial charge >= 0.3 is 0 Å². The number of rotatable bonds is 4. The summed E-state index contributed by atoms with van der Waals surface area (Å²) in [4.78, 5) is 12.8. The van der Waals surface area contributed by atoms with Crippen molar-refractivity contribution < 1.29 is 4.79 Å². The van der Waals surface area contributed by atoms with Crippen molar-refractivity contribution in [3.8, 4) is 11.8 Å². The Labute approximate surface area is 152 Å². The molecule has 0 atom stereocenters. The second-order valence-corrected chi connectivity index (χ2v) is 6.23. The lowest BCUT2D eigenvalue weighted by molar-refractivity contribution is 0.104. The molecule has 0 unspecified atom stereocenters. The van der Waals surface area contributed by atoms with E-state index in [1.807, 2.05) is 62.7 Å². The van der Waals surface area contributed by atoms with Gasteiger partial charge in [0.2, 0.25) is 0 Å². The molecule has 1 aromatic carbocycles. The Morgan fingerprint density at radius 1 is 1.15 bits per heavy atom. The van der Waals surface area contributed by atoms with Gasteiger partial charge in [0.15, 0.2) is 5.78 Å². The molecule has 3 aromatic rings. The van der Waals surface area contributed by atoms with Gasteiger partial charge in [-0.15, -0.1) is 0 Å². The largest absolute Gasteiger partial charge is 0.339 e. The summed E-state index contributed by atoms with van der Waals surface area (Å²) in [5, 5.41) is 13.6. The molecular weight excluding hydrogens is 324 g/mol. The molecule has 0 fully saturated rings. The van der Waals surface area contributed by atoms with E-state index in [2.05, 4.69) is 11.2 Å². The average molecular weight is 344 g/mol. The summed E-state index contributed by atoms with van der Waals surface area (Å²) in [5.74, 6) is -0.0936. The molecule has 0 aliphatic carbocycles. The zero-order valence-electron chi connectivity index (χ0n) is 15.3. The van der Waals surface area contributed by atoms with Crippen LogP contribution in [0.15, 0.2) is 42.5 Å². The average Bonchev–Trinajstić information content (AvgIpc) is 3.10. The van der Waals surface area contributed by atoms with Crippen LogP contribution >= 0.6 is 0 Å². The Morgan fingerprint density at radius 3 is 2.46 bits per heavy atom. The number of aryl methyl sites for hydroxylation is 1. The maximum atomic E-state index is 12.8. The third-order valence-corrected chi connectivity index (χ3v) is 4.64. The summed E-state index contributed by atoms with van der Waals surface area (Å²) in [7, 11) is 1.84. The first-order chi connectivity index (χ1) is 12.4. The summed E-state index contributed by atoms with van der Waals surface area (Å²) >= 11 is 0. The van der Waals surface area contributed by atoms with Crippen molar-refractivity contribution in [1.29, 1.82) is 5.26 Å². The molecule has 0 saturated heterocycles. The molecule has 3 rings (SSSR count). The number of aromatic nitrogens is 3. The number of ketones is 1. The minimum Gasteiger partial charge on any atom is -0.339 e. The van der Waals surface area contributed by atoms with Crippen LogP contribution in [-0.2, 0) is 7.05 Å². The molecule has 2 aromatic heterocycles. The van der Waals surface area contributed by atoms with E-state index in [1.165, 1.54) is 0 Å². The molecule has 0 aliphatic rings. The van der Waals surface area contributed by atoms with Gasteiger partial charge in [-0.05, 0) is 56.7 Å². The first kappa shape index (κ1) is 17.4. The van der Waals surface area contributed by atoms with Gasteiger partial charge in [-0.2, -0.15) is 10.4 Å². The second-order valence-electron chi connectivity index (χ2n) is 6.23. The van der Waals surface area contributed by atoms with Crippen molar-refractivity contribution in [2.45, 2.75) is 20.8 Å². The highest BCUT2D eigenvalue weighted by molar-refractivity contribution is 6.08. The number of hydrogen-bond donors (Lipinski definition) is 0. The highest BCUT2D eigenvalue weighted by Gasteiger charge is 2.17. The Hall–Kier alpha value is -3.39. The Kier molecular flexibility index (Phi) is 4.59. The van der Waals surface area contributed by atoms with E-state index >= 15 is 0 Å². The van der Waals surface area contributed by atoms with Crippen LogP contribution in [0.3, 0.4) is 0 Å². The molecule has 0 saturated carbocycles. The van der Waals surface area contributed by atoms with E-state index in [0.717, 1.165) is 22.6 Å².